The molecule has 1 aliphatic rings. The SMILES string of the molecule is O=C(c1ccccc1)c1ccccc1-c1cccc2c1Cc1ccccc1O2. The fourth-order valence-electron chi connectivity index (χ4n) is 3.82. The van der Waals surface area contributed by atoms with E-state index in [0.717, 1.165) is 40.2 Å². The van der Waals surface area contributed by atoms with Gasteiger partial charge in [0, 0.05) is 23.1 Å². The van der Waals surface area contributed by atoms with Crippen molar-refractivity contribution in [3.05, 3.63) is 119 Å². The van der Waals surface area contributed by atoms with Crippen molar-refractivity contribution >= 4 is 5.78 Å². The molecule has 1 heterocycles. The number of hydrogen-bond donors (Lipinski definition) is 0. The number of benzene rings is 4. The Labute approximate surface area is 164 Å². The second-order valence-electron chi connectivity index (χ2n) is 6.91. The van der Waals surface area contributed by atoms with Crippen LogP contribution in [0.3, 0.4) is 0 Å². The maximum atomic E-state index is 13.2. The van der Waals surface area contributed by atoms with E-state index in [-0.39, 0.29) is 5.78 Å². The van der Waals surface area contributed by atoms with Crippen molar-refractivity contribution in [1.82, 2.24) is 0 Å². The normalized spacial score (nSPS) is 11.9. The van der Waals surface area contributed by atoms with Crippen LogP contribution < -0.4 is 4.74 Å². The van der Waals surface area contributed by atoms with Crippen LogP contribution in [0.1, 0.15) is 27.0 Å². The maximum Gasteiger partial charge on any atom is 0.193 e. The second kappa shape index (κ2) is 6.82. The van der Waals surface area contributed by atoms with E-state index in [9.17, 15) is 4.79 Å². The number of carbonyl (C=O) groups is 1. The van der Waals surface area contributed by atoms with Crippen LogP contribution >= 0.6 is 0 Å². The third-order valence-corrected chi connectivity index (χ3v) is 5.19. The number of ether oxygens (including phenoxy) is 1. The Kier molecular flexibility index (Phi) is 4.02. The van der Waals surface area contributed by atoms with Gasteiger partial charge in [-0.25, -0.2) is 0 Å². The number of hydrogen-bond acceptors (Lipinski definition) is 2. The number of fused-ring (bicyclic) bond motifs is 2. The van der Waals surface area contributed by atoms with Crippen LogP contribution in [0.25, 0.3) is 11.1 Å². The predicted molar refractivity (Wildman–Crippen MR) is 111 cm³/mol. The lowest BCUT2D eigenvalue weighted by Crippen LogP contribution is -2.07. The smallest absolute Gasteiger partial charge is 0.193 e. The standard InChI is InChI=1S/C26H18O2/c27-26(18-9-2-1-3-10-18)22-13-6-5-12-20(22)21-14-8-16-25-23(21)17-19-11-4-7-15-24(19)28-25/h1-16H,17H2. The van der Waals surface area contributed by atoms with Gasteiger partial charge in [-0.2, -0.15) is 0 Å². The predicted octanol–water partition coefficient (Wildman–Crippen LogP) is 6.28. The first kappa shape index (κ1) is 16.5. The number of para-hydroxylation sites is 1. The molecule has 134 valence electrons. The summed E-state index contributed by atoms with van der Waals surface area (Å²) in [7, 11) is 0. The highest BCUT2D eigenvalue weighted by Crippen LogP contribution is 2.42. The van der Waals surface area contributed by atoms with Crippen molar-refractivity contribution in [2.75, 3.05) is 0 Å². The molecule has 0 aromatic heterocycles. The molecule has 0 radical (unpaired) electrons. The summed E-state index contributed by atoms with van der Waals surface area (Å²) in [5.41, 5.74) is 5.68. The zero-order valence-corrected chi connectivity index (χ0v) is 15.3. The van der Waals surface area contributed by atoms with Gasteiger partial charge in [0.2, 0.25) is 0 Å². The molecule has 0 saturated heterocycles. The van der Waals surface area contributed by atoms with E-state index < -0.39 is 0 Å². The molecule has 2 nitrogen and oxygen atoms in total. The summed E-state index contributed by atoms with van der Waals surface area (Å²) >= 11 is 0. The van der Waals surface area contributed by atoms with Gasteiger partial charge in [0.15, 0.2) is 5.78 Å². The summed E-state index contributed by atoms with van der Waals surface area (Å²) in [6.07, 6.45) is 0.787. The topological polar surface area (TPSA) is 26.3 Å². The molecule has 0 bridgehead atoms. The Hall–Kier alpha value is -3.65. The molecule has 1 aliphatic heterocycles. The minimum absolute atomic E-state index is 0.0333. The van der Waals surface area contributed by atoms with Gasteiger partial charge in [-0.15, -0.1) is 0 Å². The zero-order valence-electron chi connectivity index (χ0n) is 15.3. The van der Waals surface area contributed by atoms with E-state index in [1.807, 2.05) is 84.9 Å². The summed E-state index contributed by atoms with van der Waals surface area (Å²) in [6.45, 7) is 0. The molecule has 0 atom stereocenters. The Balaban J connectivity index is 1.64. The third kappa shape index (κ3) is 2.80. The summed E-state index contributed by atoms with van der Waals surface area (Å²) in [5, 5.41) is 0. The van der Waals surface area contributed by atoms with Crippen LogP contribution in [0, 0.1) is 0 Å². The molecule has 0 aliphatic carbocycles. The van der Waals surface area contributed by atoms with Gasteiger partial charge in [-0.05, 0) is 28.8 Å². The van der Waals surface area contributed by atoms with E-state index in [1.165, 1.54) is 0 Å². The van der Waals surface area contributed by atoms with Crippen LogP contribution in [0.4, 0.5) is 0 Å². The molecule has 2 heteroatoms. The molecule has 4 aromatic carbocycles. The fraction of sp³-hybridized carbons (Fsp3) is 0.0385. The zero-order chi connectivity index (χ0) is 18.9. The van der Waals surface area contributed by atoms with E-state index >= 15 is 0 Å². The first-order valence-corrected chi connectivity index (χ1v) is 9.38. The first-order chi connectivity index (χ1) is 13.8. The van der Waals surface area contributed by atoms with Gasteiger partial charge < -0.3 is 4.74 Å². The lowest BCUT2D eigenvalue weighted by atomic mass is 9.88. The maximum absolute atomic E-state index is 13.2. The number of ketones is 1. The molecule has 0 spiro atoms. The van der Waals surface area contributed by atoms with Gasteiger partial charge >= 0.3 is 0 Å². The van der Waals surface area contributed by atoms with Crippen molar-refractivity contribution < 1.29 is 9.53 Å². The van der Waals surface area contributed by atoms with Gasteiger partial charge in [-0.3, -0.25) is 4.79 Å². The van der Waals surface area contributed by atoms with Crippen molar-refractivity contribution in [2.45, 2.75) is 6.42 Å². The summed E-state index contributed by atoms with van der Waals surface area (Å²) in [5.74, 6) is 1.80. The van der Waals surface area contributed by atoms with Crippen LogP contribution in [0.15, 0.2) is 97.1 Å². The lowest BCUT2D eigenvalue weighted by molar-refractivity contribution is 0.103. The molecular weight excluding hydrogens is 344 g/mol. The Bertz CT molecular complexity index is 1180. The van der Waals surface area contributed by atoms with Crippen LogP contribution in [0.5, 0.6) is 11.5 Å². The quantitative estimate of drug-likeness (QED) is 0.353. The highest BCUT2D eigenvalue weighted by atomic mass is 16.5. The van der Waals surface area contributed by atoms with Crippen LogP contribution in [0.2, 0.25) is 0 Å². The minimum atomic E-state index is 0.0333. The molecule has 0 saturated carbocycles. The van der Waals surface area contributed by atoms with E-state index in [1.54, 1.807) is 0 Å². The van der Waals surface area contributed by atoms with Crippen molar-refractivity contribution in [3.8, 4) is 22.6 Å². The molecular formula is C26H18O2. The highest BCUT2D eigenvalue weighted by Gasteiger charge is 2.22. The summed E-state index contributed by atoms with van der Waals surface area (Å²) in [4.78, 5) is 13.2. The molecule has 0 amide bonds. The van der Waals surface area contributed by atoms with Crippen LogP contribution in [-0.4, -0.2) is 5.78 Å². The molecule has 0 N–H and O–H groups in total. The molecule has 28 heavy (non-hydrogen) atoms. The number of carbonyl (C=O) groups excluding carboxylic acids is 1. The average molecular weight is 362 g/mol. The minimum Gasteiger partial charge on any atom is -0.457 e. The van der Waals surface area contributed by atoms with E-state index in [0.29, 0.717) is 11.1 Å². The highest BCUT2D eigenvalue weighted by molar-refractivity contribution is 6.13. The van der Waals surface area contributed by atoms with Crippen molar-refractivity contribution in [3.63, 3.8) is 0 Å². The largest absolute Gasteiger partial charge is 0.457 e. The molecule has 0 unspecified atom stereocenters. The van der Waals surface area contributed by atoms with Crippen molar-refractivity contribution in [1.29, 1.82) is 0 Å². The fourth-order valence-corrected chi connectivity index (χ4v) is 3.82. The van der Waals surface area contributed by atoms with Gasteiger partial charge in [0.1, 0.15) is 11.5 Å². The van der Waals surface area contributed by atoms with Gasteiger partial charge in [0.05, 0.1) is 0 Å². The first-order valence-electron chi connectivity index (χ1n) is 9.38. The second-order valence-corrected chi connectivity index (χ2v) is 6.91. The van der Waals surface area contributed by atoms with E-state index in [2.05, 4.69) is 12.1 Å². The van der Waals surface area contributed by atoms with Crippen LogP contribution in [-0.2, 0) is 6.42 Å². The molecule has 0 fully saturated rings. The summed E-state index contributed by atoms with van der Waals surface area (Å²) in [6, 6.07) is 31.4. The van der Waals surface area contributed by atoms with Gasteiger partial charge in [0.25, 0.3) is 0 Å². The molecule has 5 rings (SSSR count). The van der Waals surface area contributed by atoms with E-state index in [4.69, 9.17) is 4.74 Å². The Morgan fingerprint density at radius 2 is 1.32 bits per heavy atom. The lowest BCUT2D eigenvalue weighted by Gasteiger charge is -2.23. The van der Waals surface area contributed by atoms with Crippen molar-refractivity contribution in [2.24, 2.45) is 0 Å². The number of rotatable bonds is 3. The summed E-state index contributed by atoms with van der Waals surface area (Å²) < 4.78 is 6.14. The average Bonchev–Trinajstić information content (AvgIpc) is 2.77. The third-order valence-electron chi connectivity index (χ3n) is 5.19. The monoisotopic (exact) mass is 362 g/mol. The Morgan fingerprint density at radius 3 is 2.21 bits per heavy atom. The molecule has 4 aromatic rings. The Morgan fingerprint density at radius 1 is 0.643 bits per heavy atom. The van der Waals surface area contributed by atoms with Gasteiger partial charge in [-0.1, -0.05) is 84.9 Å².